The van der Waals surface area contributed by atoms with Gasteiger partial charge in [0.2, 0.25) is 0 Å². The minimum absolute atomic E-state index is 0. The zero-order chi connectivity index (χ0) is 11.8. The zero-order valence-corrected chi connectivity index (χ0v) is 11.4. The van der Waals surface area contributed by atoms with Gasteiger partial charge in [0.25, 0.3) is 5.91 Å². The molecule has 0 spiro atoms. The van der Waals surface area contributed by atoms with Gasteiger partial charge in [-0.3, -0.25) is 15.2 Å². The van der Waals surface area contributed by atoms with E-state index in [9.17, 15) is 4.79 Å². The Morgan fingerprint density at radius 2 is 2.00 bits per heavy atom. The third-order valence-electron chi connectivity index (χ3n) is 1.89. The van der Waals surface area contributed by atoms with Gasteiger partial charge in [-0.2, -0.15) is 0 Å². The van der Waals surface area contributed by atoms with Gasteiger partial charge in [0.1, 0.15) is 0 Å². The molecule has 4 nitrogen and oxygen atoms in total. The number of pyridine rings is 1. The Morgan fingerprint density at radius 1 is 1.35 bits per heavy atom. The maximum absolute atomic E-state index is 11.7. The van der Waals surface area contributed by atoms with Crippen molar-refractivity contribution in [2.45, 2.75) is 0 Å². The maximum atomic E-state index is 11.7. The number of aromatic nitrogens is 1. The van der Waals surface area contributed by atoms with Gasteiger partial charge >= 0.3 is 0 Å². The normalized spacial score (nSPS) is 9.82. The average molecular weight is 299 g/mol. The number of halogens is 3. The van der Waals surface area contributed by atoms with Crippen molar-refractivity contribution in [3.05, 3.63) is 30.1 Å². The topological polar surface area (TPSA) is 45.2 Å². The lowest BCUT2D eigenvalue weighted by Crippen LogP contribution is -2.44. The van der Waals surface area contributed by atoms with Crippen molar-refractivity contribution >= 4 is 41.5 Å². The molecule has 1 rings (SSSR count). The molecule has 1 aromatic heterocycles. The van der Waals surface area contributed by atoms with E-state index in [2.05, 4.69) is 10.4 Å². The van der Waals surface area contributed by atoms with E-state index in [0.717, 1.165) is 0 Å². The number of nitrogens with one attached hydrogen (secondary N) is 1. The standard InChI is InChI=1S/C10H13Cl2N3O.ClH/c11-3-6-15(7-4-12)14-10(16)9-2-1-5-13-8-9;/h1-2,5,8H,3-4,6-7H2,(H,14,16);1H. The first-order valence-corrected chi connectivity index (χ1v) is 5.92. The van der Waals surface area contributed by atoms with E-state index in [-0.39, 0.29) is 18.3 Å². The molecule has 1 aromatic rings. The van der Waals surface area contributed by atoms with E-state index in [1.165, 1.54) is 6.20 Å². The van der Waals surface area contributed by atoms with Crippen LogP contribution in [0.4, 0.5) is 0 Å². The van der Waals surface area contributed by atoms with Crippen LogP contribution in [0.3, 0.4) is 0 Å². The minimum atomic E-state index is -0.205. The van der Waals surface area contributed by atoms with Crippen molar-refractivity contribution in [3.63, 3.8) is 0 Å². The summed E-state index contributed by atoms with van der Waals surface area (Å²) < 4.78 is 0. The lowest BCUT2D eigenvalue weighted by molar-refractivity contribution is 0.0808. The van der Waals surface area contributed by atoms with Crippen LogP contribution >= 0.6 is 35.6 Å². The van der Waals surface area contributed by atoms with Crippen LogP contribution in [-0.2, 0) is 0 Å². The molecule has 0 aliphatic carbocycles. The number of alkyl halides is 2. The smallest absolute Gasteiger partial charge is 0.267 e. The Balaban J connectivity index is 0.00000256. The zero-order valence-electron chi connectivity index (χ0n) is 9.10. The highest BCUT2D eigenvalue weighted by Crippen LogP contribution is 1.97. The second-order valence-electron chi connectivity index (χ2n) is 3.05. The molecule has 1 N–H and O–H groups in total. The maximum Gasteiger partial charge on any atom is 0.267 e. The molecule has 7 heteroatoms. The molecule has 0 aliphatic rings. The Morgan fingerprint density at radius 3 is 2.47 bits per heavy atom. The first-order chi connectivity index (χ1) is 7.77. The van der Waals surface area contributed by atoms with Crippen LogP contribution < -0.4 is 5.43 Å². The van der Waals surface area contributed by atoms with Crippen LogP contribution in [0.25, 0.3) is 0 Å². The van der Waals surface area contributed by atoms with Gasteiger partial charge < -0.3 is 0 Å². The number of carbonyl (C=O) groups excluding carboxylic acids is 1. The van der Waals surface area contributed by atoms with Crippen molar-refractivity contribution in [2.24, 2.45) is 0 Å². The number of hydrogen-bond donors (Lipinski definition) is 1. The van der Waals surface area contributed by atoms with Gasteiger partial charge in [-0.05, 0) is 12.1 Å². The van der Waals surface area contributed by atoms with Crippen LogP contribution in [0.2, 0.25) is 0 Å². The van der Waals surface area contributed by atoms with Gasteiger partial charge in [-0.25, -0.2) is 5.01 Å². The van der Waals surface area contributed by atoms with Crippen LogP contribution in [0.1, 0.15) is 10.4 Å². The van der Waals surface area contributed by atoms with Crippen LogP contribution in [0, 0.1) is 0 Å². The van der Waals surface area contributed by atoms with E-state index < -0.39 is 0 Å². The Hall–Kier alpha value is -0.550. The lowest BCUT2D eigenvalue weighted by Gasteiger charge is -2.20. The van der Waals surface area contributed by atoms with E-state index in [4.69, 9.17) is 23.2 Å². The summed E-state index contributed by atoms with van der Waals surface area (Å²) in [7, 11) is 0. The highest BCUT2D eigenvalue weighted by atomic mass is 35.5. The summed E-state index contributed by atoms with van der Waals surface area (Å²) in [5.41, 5.74) is 3.23. The summed E-state index contributed by atoms with van der Waals surface area (Å²) >= 11 is 11.2. The molecule has 96 valence electrons. The average Bonchev–Trinajstić information content (AvgIpc) is 2.31. The molecular weight excluding hydrogens is 284 g/mol. The fourth-order valence-electron chi connectivity index (χ4n) is 1.13. The molecule has 1 heterocycles. The highest BCUT2D eigenvalue weighted by molar-refractivity contribution is 6.18. The van der Waals surface area contributed by atoms with Crippen molar-refractivity contribution in [2.75, 3.05) is 24.8 Å². The lowest BCUT2D eigenvalue weighted by atomic mass is 10.3. The summed E-state index contributed by atoms with van der Waals surface area (Å²) in [5.74, 6) is 0.664. The Kier molecular flexibility index (Phi) is 9.17. The molecule has 0 radical (unpaired) electrons. The van der Waals surface area contributed by atoms with Gasteiger partial charge in [0.15, 0.2) is 0 Å². The molecule has 0 fully saturated rings. The number of rotatable bonds is 6. The molecule has 0 atom stereocenters. The number of hydrogen-bond acceptors (Lipinski definition) is 3. The molecule has 0 unspecified atom stereocenters. The Bertz CT molecular complexity index is 318. The number of nitrogens with zero attached hydrogens (tertiary/aromatic N) is 2. The molecule has 0 saturated heterocycles. The fraction of sp³-hybridized carbons (Fsp3) is 0.400. The number of amides is 1. The van der Waals surface area contributed by atoms with Crippen molar-refractivity contribution in [1.82, 2.24) is 15.4 Å². The first-order valence-electron chi connectivity index (χ1n) is 4.86. The van der Waals surface area contributed by atoms with Crippen LogP contribution in [-0.4, -0.2) is 40.7 Å². The van der Waals surface area contributed by atoms with Crippen LogP contribution in [0.15, 0.2) is 24.5 Å². The third kappa shape index (κ3) is 6.07. The largest absolute Gasteiger partial charge is 0.285 e. The van der Waals surface area contributed by atoms with Crippen molar-refractivity contribution in [3.8, 4) is 0 Å². The summed E-state index contributed by atoms with van der Waals surface area (Å²) in [5, 5.41) is 1.69. The molecule has 17 heavy (non-hydrogen) atoms. The number of hydrazine groups is 1. The van der Waals surface area contributed by atoms with E-state index in [1.807, 2.05) is 0 Å². The SMILES string of the molecule is Cl.O=C(NN(CCCl)CCCl)c1cccnc1. The summed E-state index contributed by atoms with van der Waals surface area (Å²) in [4.78, 5) is 15.6. The predicted molar refractivity (Wildman–Crippen MR) is 72.0 cm³/mol. The monoisotopic (exact) mass is 297 g/mol. The molecule has 0 aromatic carbocycles. The molecule has 1 amide bonds. The quantitative estimate of drug-likeness (QED) is 0.645. The van der Waals surface area contributed by atoms with E-state index in [0.29, 0.717) is 30.4 Å². The van der Waals surface area contributed by atoms with Gasteiger partial charge in [0.05, 0.1) is 5.56 Å². The van der Waals surface area contributed by atoms with Crippen molar-refractivity contribution in [1.29, 1.82) is 0 Å². The molecular formula is C10H14Cl3N3O. The predicted octanol–water partition coefficient (Wildman–Crippen LogP) is 1.93. The second-order valence-corrected chi connectivity index (χ2v) is 3.80. The molecule has 0 bridgehead atoms. The summed E-state index contributed by atoms with van der Waals surface area (Å²) in [6.45, 7) is 1.11. The fourth-order valence-corrected chi connectivity index (χ4v) is 1.54. The van der Waals surface area contributed by atoms with Gasteiger partial charge in [0, 0.05) is 37.2 Å². The van der Waals surface area contributed by atoms with E-state index in [1.54, 1.807) is 23.3 Å². The van der Waals surface area contributed by atoms with Crippen LogP contribution in [0.5, 0.6) is 0 Å². The van der Waals surface area contributed by atoms with Gasteiger partial charge in [-0.15, -0.1) is 35.6 Å². The summed E-state index contributed by atoms with van der Waals surface area (Å²) in [6.07, 6.45) is 3.13. The van der Waals surface area contributed by atoms with E-state index >= 15 is 0 Å². The minimum Gasteiger partial charge on any atom is -0.285 e. The number of carbonyl (C=O) groups is 1. The third-order valence-corrected chi connectivity index (χ3v) is 2.23. The molecule has 0 aliphatic heterocycles. The first kappa shape index (κ1) is 16.4. The summed E-state index contributed by atoms with van der Waals surface area (Å²) in [6, 6.07) is 3.41. The van der Waals surface area contributed by atoms with Gasteiger partial charge in [-0.1, -0.05) is 0 Å². The highest BCUT2D eigenvalue weighted by Gasteiger charge is 2.09. The van der Waals surface area contributed by atoms with Crippen molar-refractivity contribution < 1.29 is 4.79 Å². The second kappa shape index (κ2) is 9.48. The molecule has 0 saturated carbocycles. The Labute approximate surface area is 117 Å².